The van der Waals surface area contributed by atoms with Gasteiger partial charge >= 0.3 is 12.4 Å². The minimum absolute atomic E-state index is 0.0120. The molecule has 0 aromatic heterocycles. The van der Waals surface area contributed by atoms with Crippen LogP contribution in [0.3, 0.4) is 0 Å². The van der Waals surface area contributed by atoms with Crippen LogP contribution in [-0.4, -0.2) is 46.5 Å². The van der Waals surface area contributed by atoms with Gasteiger partial charge in [0, 0.05) is 18.9 Å². The molecule has 3 amide bonds. The third kappa shape index (κ3) is 7.77. The first kappa shape index (κ1) is 25.0. The molecule has 0 aliphatic heterocycles. The fraction of sp³-hybridized carbons (Fsp3) is 0.364. The SMILES string of the molecule is CCC(=O)N(Cc1ccccc1)C(=O)N(CC(C)CO)Oc1ccc(OC(F)(F)F)cc1. The van der Waals surface area contributed by atoms with Crippen LogP contribution >= 0.6 is 0 Å². The quantitative estimate of drug-likeness (QED) is 0.570. The molecule has 0 heterocycles. The molecule has 0 bridgehead atoms. The summed E-state index contributed by atoms with van der Waals surface area (Å²) in [6, 6.07) is 12.6. The molecule has 1 N–H and O–H groups in total. The van der Waals surface area contributed by atoms with E-state index in [0.717, 1.165) is 27.7 Å². The Labute approximate surface area is 183 Å². The average Bonchev–Trinajstić information content (AvgIpc) is 2.76. The van der Waals surface area contributed by atoms with Gasteiger partial charge in [-0.15, -0.1) is 13.2 Å². The molecule has 2 aromatic carbocycles. The maximum absolute atomic E-state index is 13.2. The highest BCUT2D eigenvalue weighted by molar-refractivity contribution is 5.94. The number of aliphatic hydroxyl groups is 1. The van der Waals surface area contributed by atoms with Crippen molar-refractivity contribution in [3.8, 4) is 11.5 Å². The highest BCUT2D eigenvalue weighted by atomic mass is 19.4. The predicted octanol–water partition coefficient (Wildman–Crippen LogP) is 4.37. The number of benzene rings is 2. The molecule has 0 aliphatic rings. The number of hydrogen-bond acceptors (Lipinski definition) is 5. The van der Waals surface area contributed by atoms with Crippen molar-refractivity contribution in [2.45, 2.75) is 33.2 Å². The Kier molecular flexibility index (Phi) is 8.89. The van der Waals surface area contributed by atoms with E-state index in [4.69, 9.17) is 4.84 Å². The third-order valence-electron chi connectivity index (χ3n) is 4.29. The maximum atomic E-state index is 13.2. The van der Waals surface area contributed by atoms with Gasteiger partial charge in [0.1, 0.15) is 5.75 Å². The van der Waals surface area contributed by atoms with E-state index in [0.29, 0.717) is 0 Å². The molecule has 0 saturated heterocycles. The molecule has 0 aliphatic carbocycles. The van der Waals surface area contributed by atoms with Gasteiger partial charge in [0.2, 0.25) is 5.91 Å². The molecule has 2 aromatic rings. The van der Waals surface area contributed by atoms with Gasteiger partial charge in [0.15, 0.2) is 5.75 Å². The first-order chi connectivity index (χ1) is 15.1. The average molecular weight is 454 g/mol. The Balaban J connectivity index is 2.24. The van der Waals surface area contributed by atoms with Gasteiger partial charge in [-0.3, -0.25) is 9.69 Å². The smallest absolute Gasteiger partial charge is 0.406 e. The number of amides is 3. The highest BCUT2D eigenvalue weighted by Gasteiger charge is 2.31. The van der Waals surface area contributed by atoms with E-state index in [1.165, 1.54) is 12.1 Å². The van der Waals surface area contributed by atoms with Gasteiger partial charge in [-0.1, -0.05) is 44.2 Å². The fourth-order valence-corrected chi connectivity index (χ4v) is 2.68. The molecular weight excluding hydrogens is 429 g/mol. The molecule has 0 fully saturated rings. The lowest BCUT2D eigenvalue weighted by atomic mass is 10.2. The van der Waals surface area contributed by atoms with Crippen LogP contribution in [0.4, 0.5) is 18.0 Å². The van der Waals surface area contributed by atoms with Crippen LogP contribution in [0.25, 0.3) is 0 Å². The lowest BCUT2D eigenvalue weighted by Gasteiger charge is -2.30. The topological polar surface area (TPSA) is 79.3 Å². The summed E-state index contributed by atoms with van der Waals surface area (Å²) in [6.07, 6.45) is -4.76. The van der Waals surface area contributed by atoms with E-state index in [2.05, 4.69) is 4.74 Å². The van der Waals surface area contributed by atoms with Gasteiger partial charge in [-0.25, -0.2) is 4.79 Å². The summed E-state index contributed by atoms with van der Waals surface area (Å²) in [4.78, 5) is 32.3. The monoisotopic (exact) mass is 454 g/mol. The number of alkyl halides is 3. The van der Waals surface area contributed by atoms with E-state index in [9.17, 15) is 27.9 Å². The van der Waals surface area contributed by atoms with E-state index < -0.39 is 24.1 Å². The lowest BCUT2D eigenvalue weighted by Crippen LogP contribution is -2.48. The second-order valence-electron chi connectivity index (χ2n) is 7.06. The summed E-state index contributed by atoms with van der Waals surface area (Å²) in [6.45, 7) is 3.00. The fourth-order valence-electron chi connectivity index (χ4n) is 2.68. The molecule has 0 spiro atoms. The van der Waals surface area contributed by atoms with E-state index in [1.54, 1.807) is 38.1 Å². The first-order valence-corrected chi connectivity index (χ1v) is 9.93. The summed E-state index contributed by atoms with van der Waals surface area (Å²) in [7, 11) is 0. The zero-order chi connectivity index (χ0) is 23.7. The molecule has 0 radical (unpaired) electrons. The van der Waals surface area contributed by atoms with Crippen LogP contribution in [-0.2, 0) is 11.3 Å². The molecule has 32 heavy (non-hydrogen) atoms. The minimum atomic E-state index is -4.83. The second kappa shape index (κ2) is 11.4. The summed E-state index contributed by atoms with van der Waals surface area (Å²) in [5.41, 5.74) is 0.728. The lowest BCUT2D eigenvalue weighted by molar-refractivity contribution is -0.274. The number of imide groups is 1. The van der Waals surface area contributed by atoms with Crippen molar-refractivity contribution in [3.63, 3.8) is 0 Å². The molecule has 10 heteroatoms. The largest absolute Gasteiger partial charge is 0.573 e. The molecule has 174 valence electrons. The van der Waals surface area contributed by atoms with Crippen molar-refractivity contribution in [3.05, 3.63) is 60.2 Å². The molecular formula is C22H25F3N2O5. The number of urea groups is 1. The Morgan fingerprint density at radius 3 is 2.16 bits per heavy atom. The van der Waals surface area contributed by atoms with Crippen molar-refractivity contribution in [1.29, 1.82) is 0 Å². The van der Waals surface area contributed by atoms with Crippen LogP contribution < -0.4 is 9.57 Å². The van der Waals surface area contributed by atoms with Crippen molar-refractivity contribution < 1.29 is 37.4 Å². The first-order valence-electron chi connectivity index (χ1n) is 9.93. The number of hydrogen-bond donors (Lipinski definition) is 1. The Morgan fingerprint density at radius 2 is 1.62 bits per heavy atom. The molecule has 1 unspecified atom stereocenters. The van der Waals surface area contributed by atoms with Gasteiger partial charge < -0.3 is 14.7 Å². The minimum Gasteiger partial charge on any atom is -0.406 e. The maximum Gasteiger partial charge on any atom is 0.573 e. The van der Waals surface area contributed by atoms with Crippen LogP contribution in [0.2, 0.25) is 0 Å². The predicted molar refractivity (Wildman–Crippen MR) is 109 cm³/mol. The second-order valence-corrected chi connectivity index (χ2v) is 7.06. The van der Waals surface area contributed by atoms with E-state index in [1.807, 2.05) is 6.07 Å². The number of nitrogens with zero attached hydrogens (tertiary/aromatic N) is 2. The molecule has 1 atom stereocenters. The van der Waals surface area contributed by atoms with Crippen LogP contribution in [0.5, 0.6) is 11.5 Å². The summed E-state index contributed by atoms with van der Waals surface area (Å²) < 4.78 is 40.9. The summed E-state index contributed by atoms with van der Waals surface area (Å²) in [5.74, 6) is -1.21. The number of carbonyl (C=O) groups is 2. The number of halogens is 3. The van der Waals surface area contributed by atoms with Gasteiger partial charge in [0.25, 0.3) is 0 Å². The summed E-state index contributed by atoms with van der Waals surface area (Å²) >= 11 is 0. The van der Waals surface area contributed by atoms with Crippen molar-refractivity contribution in [2.24, 2.45) is 5.92 Å². The Morgan fingerprint density at radius 1 is 1.03 bits per heavy atom. The Hall–Kier alpha value is -3.27. The highest BCUT2D eigenvalue weighted by Crippen LogP contribution is 2.25. The van der Waals surface area contributed by atoms with Crippen molar-refractivity contribution in [1.82, 2.24) is 9.96 Å². The third-order valence-corrected chi connectivity index (χ3v) is 4.29. The number of aliphatic hydroxyl groups excluding tert-OH is 1. The van der Waals surface area contributed by atoms with E-state index >= 15 is 0 Å². The Bertz CT molecular complexity index is 875. The molecule has 2 rings (SSSR count). The van der Waals surface area contributed by atoms with Gasteiger partial charge in [-0.05, 0) is 29.8 Å². The van der Waals surface area contributed by atoms with Crippen molar-refractivity contribution in [2.75, 3.05) is 13.2 Å². The van der Waals surface area contributed by atoms with Crippen LogP contribution in [0.15, 0.2) is 54.6 Å². The van der Waals surface area contributed by atoms with Crippen LogP contribution in [0, 0.1) is 5.92 Å². The normalized spacial score (nSPS) is 12.1. The number of hydroxylamine groups is 2. The van der Waals surface area contributed by atoms with Crippen LogP contribution in [0.1, 0.15) is 25.8 Å². The summed E-state index contributed by atoms with van der Waals surface area (Å²) in [5, 5.41) is 10.3. The molecule has 7 nitrogen and oxygen atoms in total. The van der Waals surface area contributed by atoms with Crippen molar-refractivity contribution >= 4 is 11.9 Å². The van der Waals surface area contributed by atoms with Gasteiger partial charge in [0.05, 0.1) is 13.1 Å². The number of carbonyl (C=O) groups excluding carboxylic acids is 2. The standard InChI is InChI=1S/C22H25F3N2O5/c1-3-20(29)26(14-17-7-5-4-6-8-17)21(30)27(13-16(2)15-28)32-19-11-9-18(10-12-19)31-22(23,24)25/h4-12,16,28H,3,13-15H2,1-2H3. The molecule has 0 saturated carbocycles. The zero-order valence-corrected chi connectivity index (χ0v) is 17.7. The zero-order valence-electron chi connectivity index (χ0n) is 17.7. The number of ether oxygens (including phenoxy) is 1. The van der Waals surface area contributed by atoms with E-state index in [-0.39, 0.29) is 37.8 Å². The van der Waals surface area contributed by atoms with Gasteiger partial charge in [-0.2, -0.15) is 5.06 Å². The number of rotatable bonds is 9.